The highest BCUT2D eigenvalue weighted by Crippen LogP contribution is 2.34. The Hall–Kier alpha value is -2.11. The van der Waals surface area contributed by atoms with Gasteiger partial charge in [0.1, 0.15) is 17.4 Å². The Morgan fingerprint density at radius 1 is 1.30 bits per heavy atom. The molecular weight excluding hydrogens is 384 g/mol. The number of nitrogens with zero attached hydrogens (tertiary/aromatic N) is 3. The molecule has 0 amide bonds. The summed E-state index contributed by atoms with van der Waals surface area (Å²) in [4.78, 5) is 5.37. The second-order valence-corrected chi connectivity index (χ2v) is 7.03. The number of nitrogens with one attached hydrogen (secondary N) is 1. The van der Waals surface area contributed by atoms with Gasteiger partial charge in [-0.1, -0.05) is 11.6 Å². The fourth-order valence-electron chi connectivity index (χ4n) is 3.35. The summed E-state index contributed by atoms with van der Waals surface area (Å²) < 4.78 is 51.5. The Labute approximate surface area is 158 Å². The van der Waals surface area contributed by atoms with E-state index in [1.165, 1.54) is 23.2 Å². The standard InChI is InChI=1S/C18H17ClF4N4/c19-13-1-2-14(20)17-15(13)16(12(7-24)9-26-17)25-8-11-3-5-27(6-4-11)10-18(21,22)23/h1-2,9,11H,3-6,8,10H2,(H,25,26). The summed E-state index contributed by atoms with van der Waals surface area (Å²) in [5.74, 6) is -0.390. The lowest BCUT2D eigenvalue weighted by Crippen LogP contribution is -2.41. The Morgan fingerprint density at radius 2 is 2.00 bits per heavy atom. The van der Waals surface area contributed by atoms with Crippen LogP contribution in [0.3, 0.4) is 0 Å². The SMILES string of the molecule is N#Cc1cnc2c(F)ccc(Cl)c2c1NCC1CCN(CC(F)(F)F)CC1. The van der Waals surface area contributed by atoms with Gasteiger partial charge in [-0.3, -0.25) is 9.88 Å². The van der Waals surface area contributed by atoms with E-state index in [1.54, 1.807) is 0 Å². The van der Waals surface area contributed by atoms with Crippen LogP contribution in [0.15, 0.2) is 18.3 Å². The quantitative estimate of drug-likeness (QED) is 0.763. The van der Waals surface area contributed by atoms with E-state index in [1.807, 2.05) is 6.07 Å². The van der Waals surface area contributed by atoms with E-state index in [4.69, 9.17) is 11.6 Å². The topological polar surface area (TPSA) is 52.0 Å². The van der Waals surface area contributed by atoms with Gasteiger partial charge in [-0.25, -0.2) is 4.39 Å². The van der Waals surface area contributed by atoms with Crippen LogP contribution in [-0.4, -0.2) is 42.2 Å². The molecule has 1 N–H and O–H groups in total. The fraction of sp³-hybridized carbons (Fsp3) is 0.444. The largest absolute Gasteiger partial charge is 0.401 e. The lowest BCUT2D eigenvalue weighted by molar-refractivity contribution is -0.148. The first-order valence-corrected chi connectivity index (χ1v) is 8.86. The molecule has 1 saturated heterocycles. The molecule has 1 aliphatic rings. The van der Waals surface area contributed by atoms with Gasteiger partial charge in [0.05, 0.1) is 22.8 Å². The summed E-state index contributed by atoms with van der Waals surface area (Å²) >= 11 is 6.20. The van der Waals surface area contributed by atoms with Gasteiger partial charge in [-0.05, 0) is 44.0 Å². The zero-order valence-electron chi connectivity index (χ0n) is 14.3. The highest BCUT2D eigenvalue weighted by atomic mass is 35.5. The van der Waals surface area contributed by atoms with Crippen molar-refractivity contribution < 1.29 is 17.6 Å². The van der Waals surface area contributed by atoms with Crippen molar-refractivity contribution in [1.29, 1.82) is 5.26 Å². The molecule has 9 heteroatoms. The molecule has 0 radical (unpaired) electrons. The van der Waals surface area contributed by atoms with Crippen molar-refractivity contribution in [3.05, 3.63) is 34.7 Å². The van der Waals surface area contributed by atoms with E-state index < -0.39 is 18.5 Å². The van der Waals surface area contributed by atoms with Gasteiger partial charge in [-0.15, -0.1) is 0 Å². The van der Waals surface area contributed by atoms with Gasteiger partial charge in [-0.2, -0.15) is 18.4 Å². The van der Waals surface area contributed by atoms with Crippen LogP contribution in [0, 0.1) is 23.1 Å². The van der Waals surface area contributed by atoms with E-state index in [0.717, 1.165) is 0 Å². The number of likely N-dealkylation sites (tertiary alicyclic amines) is 1. The van der Waals surface area contributed by atoms with E-state index in [9.17, 15) is 22.8 Å². The predicted molar refractivity (Wildman–Crippen MR) is 95.1 cm³/mol. The molecule has 0 atom stereocenters. The van der Waals surface area contributed by atoms with Gasteiger partial charge < -0.3 is 5.32 Å². The normalized spacial score (nSPS) is 16.4. The molecule has 1 aromatic carbocycles. The first-order chi connectivity index (χ1) is 12.8. The second kappa shape index (κ2) is 7.87. The van der Waals surface area contributed by atoms with Crippen LogP contribution in [0.1, 0.15) is 18.4 Å². The molecule has 0 spiro atoms. The number of hydrogen-bond acceptors (Lipinski definition) is 4. The molecule has 27 heavy (non-hydrogen) atoms. The van der Waals surface area contributed by atoms with Crippen LogP contribution in [0.4, 0.5) is 23.2 Å². The highest BCUT2D eigenvalue weighted by molar-refractivity contribution is 6.36. The average Bonchev–Trinajstić information content (AvgIpc) is 2.62. The summed E-state index contributed by atoms with van der Waals surface area (Å²) in [6.07, 6.45) is -1.69. The van der Waals surface area contributed by atoms with Crippen LogP contribution in [0.2, 0.25) is 5.02 Å². The van der Waals surface area contributed by atoms with Crippen molar-refractivity contribution in [3.63, 3.8) is 0 Å². The third-order valence-corrected chi connectivity index (χ3v) is 5.03. The third kappa shape index (κ3) is 4.60. The van der Waals surface area contributed by atoms with Gasteiger partial charge in [0.25, 0.3) is 0 Å². The molecule has 2 aromatic rings. The minimum absolute atomic E-state index is 0.0731. The van der Waals surface area contributed by atoms with Crippen molar-refractivity contribution in [2.45, 2.75) is 19.0 Å². The number of alkyl halides is 3. The molecule has 0 unspecified atom stereocenters. The Bertz CT molecular complexity index is 870. The minimum Gasteiger partial charge on any atom is -0.383 e. The number of halogens is 5. The smallest absolute Gasteiger partial charge is 0.383 e. The number of aromatic nitrogens is 1. The monoisotopic (exact) mass is 400 g/mol. The number of benzene rings is 1. The molecule has 0 aliphatic carbocycles. The van der Waals surface area contributed by atoms with Crippen LogP contribution in [0.5, 0.6) is 0 Å². The summed E-state index contributed by atoms with van der Waals surface area (Å²) in [5.41, 5.74) is 0.721. The van der Waals surface area contributed by atoms with Crippen molar-refractivity contribution in [1.82, 2.24) is 9.88 Å². The molecule has 144 valence electrons. The van der Waals surface area contributed by atoms with Gasteiger partial charge >= 0.3 is 6.18 Å². The summed E-state index contributed by atoms with van der Waals surface area (Å²) in [5, 5.41) is 13.1. The third-order valence-electron chi connectivity index (χ3n) is 4.72. The van der Waals surface area contributed by atoms with Crippen LogP contribution < -0.4 is 5.32 Å². The van der Waals surface area contributed by atoms with Crippen molar-refractivity contribution in [2.24, 2.45) is 5.92 Å². The maximum Gasteiger partial charge on any atom is 0.401 e. The van der Waals surface area contributed by atoms with E-state index in [-0.39, 0.29) is 22.0 Å². The zero-order chi connectivity index (χ0) is 19.6. The number of fused-ring (bicyclic) bond motifs is 1. The van der Waals surface area contributed by atoms with Gasteiger partial charge in [0, 0.05) is 18.1 Å². The van der Waals surface area contributed by atoms with Crippen molar-refractivity contribution in [2.75, 3.05) is 31.5 Å². The average molecular weight is 401 g/mol. The van der Waals surface area contributed by atoms with Crippen LogP contribution in [0.25, 0.3) is 10.9 Å². The molecule has 0 bridgehead atoms. The molecule has 0 saturated carbocycles. The first-order valence-electron chi connectivity index (χ1n) is 8.48. The number of rotatable bonds is 4. The lowest BCUT2D eigenvalue weighted by Gasteiger charge is -2.32. The van der Waals surface area contributed by atoms with E-state index in [0.29, 0.717) is 43.5 Å². The van der Waals surface area contributed by atoms with E-state index in [2.05, 4.69) is 10.3 Å². The number of hydrogen-bond donors (Lipinski definition) is 1. The molecular formula is C18H17ClF4N4. The maximum atomic E-state index is 14.0. The Kier molecular flexibility index (Phi) is 5.72. The number of piperidine rings is 1. The molecule has 4 nitrogen and oxygen atoms in total. The molecule has 2 heterocycles. The molecule has 1 aliphatic heterocycles. The highest BCUT2D eigenvalue weighted by Gasteiger charge is 2.32. The minimum atomic E-state index is -4.19. The number of anilines is 1. The Morgan fingerprint density at radius 3 is 2.63 bits per heavy atom. The first kappa shape index (κ1) is 19.6. The summed E-state index contributed by atoms with van der Waals surface area (Å²) in [6, 6.07) is 4.63. The molecule has 3 rings (SSSR count). The fourth-order valence-corrected chi connectivity index (χ4v) is 3.60. The summed E-state index contributed by atoms with van der Waals surface area (Å²) in [7, 11) is 0. The molecule has 1 aromatic heterocycles. The summed E-state index contributed by atoms with van der Waals surface area (Å²) in [6.45, 7) is 0.295. The van der Waals surface area contributed by atoms with Crippen LogP contribution >= 0.6 is 11.6 Å². The Balaban J connectivity index is 1.73. The lowest BCUT2D eigenvalue weighted by atomic mass is 9.96. The van der Waals surface area contributed by atoms with Gasteiger partial charge in [0.15, 0.2) is 0 Å². The number of pyridine rings is 1. The van der Waals surface area contributed by atoms with E-state index >= 15 is 0 Å². The predicted octanol–water partition coefficient (Wildman–Crippen LogP) is 4.59. The van der Waals surface area contributed by atoms with Crippen LogP contribution in [-0.2, 0) is 0 Å². The second-order valence-electron chi connectivity index (χ2n) is 6.63. The zero-order valence-corrected chi connectivity index (χ0v) is 15.0. The van der Waals surface area contributed by atoms with Gasteiger partial charge in [0.2, 0.25) is 0 Å². The van der Waals surface area contributed by atoms with Crippen molar-refractivity contribution >= 4 is 28.2 Å². The molecule has 1 fully saturated rings. The van der Waals surface area contributed by atoms with Crippen molar-refractivity contribution in [3.8, 4) is 6.07 Å². The maximum absolute atomic E-state index is 14.0. The number of nitriles is 1.